The largest absolute Gasteiger partial charge is 0.490 e. The fourth-order valence-corrected chi connectivity index (χ4v) is 4.29. The van der Waals surface area contributed by atoms with E-state index in [4.69, 9.17) is 32.7 Å². The molecule has 6 nitrogen and oxygen atoms in total. The van der Waals surface area contributed by atoms with E-state index in [9.17, 15) is 14.7 Å². The summed E-state index contributed by atoms with van der Waals surface area (Å²) in [7, 11) is 0. The van der Waals surface area contributed by atoms with Gasteiger partial charge >= 0.3 is 12.1 Å². The van der Waals surface area contributed by atoms with Crippen LogP contribution in [0.1, 0.15) is 17.0 Å². The van der Waals surface area contributed by atoms with Crippen LogP contribution in [0.5, 0.6) is 5.75 Å². The van der Waals surface area contributed by atoms with Crippen molar-refractivity contribution in [2.75, 3.05) is 26.3 Å². The second-order valence-corrected chi connectivity index (χ2v) is 8.30. The smallest absolute Gasteiger partial charge is 0.410 e. The molecule has 0 bridgehead atoms. The standard InChI is InChI=1S/C25H21Cl2NO5/c26-21-10-5-11-22(24(21)27)32-13-12-28(14-23(29)30)25(31)33-15-20-18-8-3-1-6-16(18)17-7-2-4-9-19(17)20/h1-11,20H,12-15H2,(H,29,30). The SMILES string of the molecule is O=C(O)CN(CCOc1cccc(Cl)c1Cl)C(=O)OCC1c2ccccc2-c2ccccc21. The molecule has 1 aliphatic carbocycles. The van der Waals surface area contributed by atoms with Crippen molar-refractivity contribution >= 4 is 35.3 Å². The number of amides is 1. The molecule has 0 aromatic heterocycles. The Morgan fingerprint density at radius 3 is 2.18 bits per heavy atom. The summed E-state index contributed by atoms with van der Waals surface area (Å²) in [6.07, 6.45) is -0.722. The van der Waals surface area contributed by atoms with Gasteiger partial charge in [0.1, 0.15) is 30.5 Å². The fourth-order valence-electron chi connectivity index (χ4n) is 3.94. The fraction of sp³-hybridized carbons (Fsp3) is 0.200. The van der Waals surface area contributed by atoms with Crippen molar-refractivity contribution in [1.82, 2.24) is 4.90 Å². The van der Waals surface area contributed by atoms with Crippen LogP contribution in [0.25, 0.3) is 11.1 Å². The minimum atomic E-state index is -1.15. The molecule has 4 rings (SSSR count). The third-order valence-electron chi connectivity index (χ3n) is 5.46. The molecular formula is C25H21Cl2NO5. The summed E-state index contributed by atoms with van der Waals surface area (Å²) >= 11 is 12.1. The van der Waals surface area contributed by atoms with Gasteiger partial charge in [0.05, 0.1) is 11.6 Å². The van der Waals surface area contributed by atoms with Crippen LogP contribution in [0.3, 0.4) is 0 Å². The molecule has 170 valence electrons. The summed E-state index contributed by atoms with van der Waals surface area (Å²) in [5.74, 6) is -0.911. The molecule has 0 unspecified atom stereocenters. The van der Waals surface area contributed by atoms with Crippen LogP contribution in [-0.2, 0) is 9.53 Å². The van der Waals surface area contributed by atoms with Crippen molar-refractivity contribution in [1.29, 1.82) is 0 Å². The maximum absolute atomic E-state index is 12.8. The highest BCUT2D eigenvalue weighted by Crippen LogP contribution is 2.44. The zero-order chi connectivity index (χ0) is 23.4. The second-order valence-electron chi connectivity index (χ2n) is 7.52. The minimum Gasteiger partial charge on any atom is -0.490 e. The van der Waals surface area contributed by atoms with Gasteiger partial charge in [-0.25, -0.2) is 4.79 Å². The number of carbonyl (C=O) groups excluding carboxylic acids is 1. The zero-order valence-corrected chi connectivity index (χ0v) is 19.1. The Balaban J connectivity index is 1.41. The number of ether oxygens (including phenoxy) is 2. The quantitative estimate of drug-likeness (QED) is 0.442. The molecule has 0 saturated heterocycles. The Morgan fingerprint density at radius 1 is 0.909 bits per heavy atom. The first-order valence-corrected chi connectivity index (χ1v) is 11.1. The number of carboxylic acid groups (broad SMARTS) is 1. The summed E-state index contributed by atoms with van der Waals surface area (Å²) in [4.78, 5) is 25.2. The van der Waals surface area contributed by atoms with Crippen molar-refractivity contribution in [3.05, 3.63) is 87.9 Å². The molecule has 0 heterocycles. The molecule has 1 N–H and O–H groups in total. The molecule has 0 atom stereocenters. The van der Waals surface area contributed by atoms with Gasteiger partial charge in [-0.05, 0) is 34.4 Å². The number of fused-ring (bicyclic) bond motifs is 3. The van der Waals surface area contributed by atoms with Crippen molar-refractivity contribution in [2.45, 2.75) is 5.92 Å². The molecule has 0 aliphatic heterocycles. The molecular weight excluding hydrogens is 465 g/mol. The van der Waals surface area contributed by atoms with E-state index in [1.54, 1.807) is 18.2 Å². The zero-order valence-electron chi connectivity index (χ0n) is 17.5. The number of hydrogen-bond donors (Lipinski definition) is 1. The van der Waals surface area contributed by atoms with Crippen LogP contribution in [-0.4, -0.2) is 48.4 Å². The first kappa shape index (κ1) is 23.0. The predicted octanol–water partition coefficient (Wildman–Crippen LogP) is 5.71. The van der Waals surface area contributed by atoms with E-state index in [2.05, 4.69) is 0 Å². The topological polar surface area (TPSA) is 76.1 Å². The number of carbonyl (C=O) groups is 2. The molecule has 0 spiro atoms. The molecule has 8 heteroatoms. The number of benzene rings is 3. The van der Waals surface area contributed by atoms with Crippen molar-refractivity contribution in [3.8, 4) is 16.9 Å². The van der Waals surface area contributed by atoms with Gasteiger partial charge in [-0.15, -0.1) is 0 Å². The molecule has 3 aromatic rings. The lowest BCUT2D eigenvalue weighted by atomic mass is 9.98. The van der Waals surface area contributed by atoms with Crippen LogP contribution in [0.15, 0.2) is 66.7 Å². The van der Waals surface area contributed by atoms with Gasteiger partial charge in [-0.2, -0.15) is 0 Å². The molecule has 0 saturated carbocycles. The Bertz CT molecular complexity index is 1140. The predicted molar refractivity (Wildman–Crippen MR) is 126 cm³/mol. The lowest BCUT2D eigenvalue weighted by Gasteiger charge is -2.22. The number of aliphatic carboxylic acids is 1. The molecule has 0 fully saturated rings. The summed E-state index contributed by atoms with van der Waals surface area (Å²) < 4.78 is 11.2. The van der Waals surface area contributed by atoms with Crippen molar-refractivity contribution < 1.29 is 24.2 Å². The van der Waals surface area contributed by atoms with E-state index in [-0.39, 0.29) is 30.7 Å². The highest BCUT2D eigenvalue weighted by molar-refractivity contribution is 6.42. The number of rotatable bonds is 8. The van der Waals surface area contributed by atoms with E-state index in [0.29, 0.717) is 10.8 Å². The monoisotopic (exact) mass is 485 g/mol. The van der Waals surface area contributed by atoms with E-state index >= 15 is 0 Å². The Labute approximate surface area is 201 Å². The number of nitrogens with zero attached hydrogens (tertiary/aromatic N) is 1. The Kier molecular flexibility index (Phi) is 7.06. The highest BCUT2D eigenvalue weighted by atomic mass is 35.5. The van der Waals surface area contributed by atoms with Gasteiger partial charge in [0.2, 0.25) is 0 Å². The summed E-state index contributed by atoms with van der Waals surface area (Å²) in [6.45, 7) is -0.378. The molecule has 1 amide bonds. The van der Waals surface area contributed by atoms with E-state index in [1.165, 1.54) is 0 Å². The van der Waals surface area contributed by atoms with E-state index in [0.717, 1.165) is 27.2 Å². The normalized spacial score (nSPS) is 12.1. The van der Waals surface area contributed by atoms with E-state index < -0.39 is 18.6 Å². The van der Waals surface area contributed by atoms with Crippen LogP contribution < -0.4 is 4.74 Å². The molecule has 0 radical (unpaired) electrons. The van der Waals surface area contributed by atoms with Gasteiger partial charge in [-0.3, -0.25) is 9.69 Å². The second kappa shape index (κ2) is 10.1. The molecule has 1 aliphatic rings. The first-order valence-electron chi connectivity index (χ1n) is 10.3. The Morgan fingerprint density at radius 2 is 1.55 bits per heavy atom. The molecule has 33 heavy (non-hydrogen) atoms. The number of halogens is 2. The average Bonchev–Trinajstić information content (AvgIpc) is 3.13. The lowest BCUT2D eigenvalue weighted by Crippen LogP contribution is -2.39. The van der Waals surface area contributed by atoms with Gasteiger partial charge in [0.15, 0.2) is 0 Å². The first-order chi connectivity index (χ1) is 16.0. The van der Waals surface area contributed by atoms with Crippen LogP contribution in [0, 0.1) is 0 Å². The van der Waals surface area contributed by atoms with Gasteiger partial charge in [-0.1, -0.05) is 77.8 Å². The maximum atomic E-state index is 12.8. The van der Waals surface area contributed by atoms with Gasteiger partial charge in [0.25, 0.3) is 0 Å². The average molecular weight is 486 g/mol. The van der Waals surface area contributed by atoms with Crippen molar-refractivity contribution in [3.63, 3.8) is 0 Å². The third-order valence-corrected chi connectivity index (χ3v) is 6.26. The van der Waals surface area contributed by atoms with E-state index in [1.807, 2.05) is 48.5 Å². The summed E-state index contributed by atoms with van der Waals surface area (Å²) in [6, 6.07) is 20.9. The van der Waals surface area contributed by atoms with Crippen LogP contribution in [0.2, 0.25) is 10.0 Å². The molecule has 3 aromatic carbocycles. The maximum Gasteiger partial charge on any atom is 0.410 e. The third kappa shape index (κ3) is 5.07. The number of carboxylic acids is 1. The summed E-state index contributed by atoms with van der Waals surface area (Å²) in [5, 5.41) is 9.84. The lowest BCUT2D eigenvalue weighted by molar-refractivity contribution is -0.138. The highest BCUT2D eigenvalue weighted by Gasteiger charge is 2.30. The summed E-state index contributed by atoms with van der Waals surface area (Å²) in [5.41, 5.74) is 4.39. The minimum absolute atomic E-state index is 0.00577. The number of hydrogen-bond acceptors (Lipinski definition) is 4. The van der Waals surface area contributed by atoms with Crippen LogP contribution in [0.4, 0.5) is 4.79 Å². The van der Waals surface area contributed by atoms with Gasteiger partial charge < -0.3 is 14.6 Å². The van der Waals surface area contributed by atoms with Crippen molar-refractivity contribution in [2.24, 2.45) is 0 Å². The van der Waals surface area contributed by atoms with Crippen LogP contribution >= 0.6 is 23.2 Å². The Hall–Kier alpha value is -3.22. The van der Waals surface area contributed by atoms with Gasteiger partial charge in [0, 0.05) is 5.92 Å².